The quantitative estimate of drug-likeness (QED) is 0.377. The maximum absolute atomic E-state index is 13.0. The van der Waals surface area contributed by atoms with Crippen molar-refractivity contribution < 1.29 is 24.5 Å². The largest absolute Gasteiger partial charge is 0.507 e. The number of ether oxygens (including phenoxy) is 1. The monoisotopic (exact) mass is 422 g/mol. The lowest BCUT2D eigenvalue weighted by Gasteiger charge is -2.23. The number of carbonyl (C=O) groups excluding carboxylic acids is 2. The second-order valence-corrected chi connectivity index (χ2v) is 7.65. The molecule has 1 aromatic heterocycles. The van der Waals surface area contributed by atoms with Crippen LogP contribution < -0.4 is 9.64 Å². The number of benzene rings is 2. The highest BCUT2D eigenvalue weighted by Crippen LogP contribution is 2.44. The van der Waals surface area contributed by atoms with Crippen molar-refractivity contribution in [1.29, 1.82) is 0 Å². The van der Waals surface area contributed by atoms with Crippen molar-refractivity contribution in [1.82, 2.24) is 4.98 Å². The summed E-state index contributed by atoms with van der Waals surface area (Å²) in [5, 5.41) is 23.0. The van der Waals surface area contributed by atoms with Crippen LogP contribution in [0.4, 0.5) is 5.13 Å². The van der Waals surface area contributed by atoms with Crippen LogP contribution in [0.2, 0.25) is 0 Å². The molecule has 1 atom stereocenters. The van der Waals surface area contributed by atoms with E-state index < -0.39 is 17.7 Å². The number of aliphatic hydroxyl groups excluding tert-OH is 1. The molecule has 4 rings (SSSR count). The van der Waals surface area contributed by atoms with E-state index in [1.54, 1.807) is 23.6 Å². The summed E-state index contributed by atoms with van der Waals surface area (Å²) in [5.74, 6) is -1.75. The van der Waals surface area contributed by atoms with Crippen LogP contribution in [0.15, 0.2) is 59.6 Å². The molecule has 8 heteroatoms. The Morgan fingerprint density at radius 1 is 1.17 bits per heavy atom. The van der Waals surface area contributed by atoms with E-state index in [4.69, 9.17) is 4.74 Å². The Labute approximate surface area is 176 Å². The maximum Gasteiger partial charge on any atom is 0.301 e. The van der Waals surface area contributed by atoms with E-state index in [1.807, 2.05) is 19.1 Å². The molecule has 1 fully saturated rings. The molecule has 0 radical (unpaired) electrons. The van der Waals surface area contributed by atoms with Gasteiger partial charge >= 0.3 is 5.91 Å². The molecule has 0 aliphatic carbocycles. The second kappa shape index (κ2) is 7.64. The number of aromatic nitrogens is 1. The van der Waals surface area contributed by atoms with Gasteiger partial charge in [0, 0.05) is 17.1 Å². The normalized spacial score (nSPS) is 18.1. The van der Waals surface area contributed by atoms with Gasteiger partial charge in [0.05, 0.1) is 18.7 Å². The first kappa shape index (κ1) is 19.7. The van der Waals surface area contributed by atoms with Gasteiger partial charge < -0.3 is 14.9 Å². The number of carbonyl (C=O) groups is 2. The van der Waals surface area contributed by atoms with Crippen LogP contribution in [0.25, 0.3) is 5.76 Å². The summed E-state index contributed by atoms with van der Waals surface area (Å²) >= 11 is 1.21. The Morgan fingerprint density at radius 2 is 1.90 bits per heavy atom. The smallest absolute Gasteiger partial charge is 0.301 e. The van der Waals surface area contributed by atoms with Gasteiger partial charge in [-0.05, 0) is 24.6 Å². The zero-order valence-electron chi connectivity index (χ0n) is 16.2. The van der Waals surface area contributed by atoms with Crippen LogP contribution in [-0.4, -0.2) is 34.0 Å². The minimum absolute atomic E-state index is 0.0493. The minimum Gasteiger partial charge on any atom is -0.507 e. The summed E-state index contributed by atoms with van der Waals surface area (Å²) in [4.78, 5) is 31.4. The van der Waals surface area contributed by atoms with Crippen molar-refractivity contribution in [2.24, 2.45) is 0 Å². The van der Waals surface area contributed by atoms with Gasteiger partial charge in [-0.25, -0.2) is 4.98 Å². The van der Waals surface area contributed by atoms with Crippen molar-refractivity contribution in [2.75, 3.05) is 12.0 Å². The van der Waals surface area contributed by atoms with Crippen LogP contribution >= 0.6 is 11.3 Å². The van der Waals surface area contributed by atoms with E-state index in [1.165, 1.54) is 41.7 Å². The lowest BCUT2D eigenvalue weighted by Crippen LogP contribution is -2.29. The van der Waals surface area contributed by atoms with Gasteiger partial charge in [-0.2, -0.15) is 0 Å². The molecule has 0 spiro atoms. The molecule has 0 bridgehead atoms. The fraction of sp³-hybridized carbons (Fsp3) is 0.136. The Kier molecular flexibility index (Phi) is 5.01. The lowest BCUT2D eigenvalue weighted by atomic mass is 9.95. The Morgan fingerprint density at radius 3 is 2.53 bits per heavy atom. The third-order valence-corrected chi connectivity index (χ3v) is 5.69. The number of thiazole rings is 1. The number of aromatic hydroxyl groups is 1. The molecule has 2 heterocycles. The summed E-state index contributed by atoms with van der Waals surface area (Å²) < 4.78 is 5.19. The number of Topliss-reactive ketones (excluding diaryl/α,β-unsaturated/α-hetero) is 1. The number of phenols is 1. The molecule has 2 aromatic carbocycles. The summed E-state index contributed by atoms with van der Waals surface area (Å²) in [6.45, 7) is 1.91. The molecule has 1 saturated heterocycles. The average Bonchev–Trinajstić information content (AvgIpc) is 3.35. The van der Waals surface area contributed by atoms with Gasteiger partial charge in [-0.3, -0.25) is 14.5 Å². The summed E-state index contributed by atoms with van der Waals surface area (Å²) in [7, 11) is 1.41. The van der Waals surface area contributed by atoms with E-state index in [2.05, 4.69) is 4.98 Å². The number of phenolic OH excluding ortho intramolecular Hbond substituents is 1. The zero-order valence-corrected chi connectivity index (χ0v) is 17.0. The summed E-state index contributed by atoms with van der Waals surface area (Å²) in [5.41, 5.74) is 1.86. The summed E-state index contributed by atoms with van der Waals surface area (Å²) in [6.07, 6.45) is 1.54. The highest BCUT2D eigenvalue weighted by molar-refractivity contribution is 7.14. The van der Waals surface area contributed by atoms with E-state index in [0.29, 0.717) is 16.3 Å². The van der Waals surface area contributed by atoms with Gasteiger partial charge in [0.25, 0.3) is 5.78 Å². The number of hydrogen-bond acceptors (Lipinski definition) is 7. The molecule has 1 unspecified atom stereocenters. The zero-order chi connectivity index (χ0) is 21.4. The van der Waals surface area contributed by atoms with Gasteiger partial charge in [0.15, 0.2) is 16.6 Å². The molecule has 1 amide bonds. The van der Waals surface area contributed by atoms with E-state index in [0.717, 1.165) is 5.56 Å². The van der Waals surface area contributed by atoms with Crippen LogP contribution in [0.3, 0.4) is 0 Å². The molecule has 7 nitrogen and oxygen atoms in total. The first-order valence-electron chi connectivity index (χ1n) is 9.06. The minimum atomic E-state index is -0.924. The topological polar surface area (TPSA) is 100.0 Å². The number of methoxy groups -OCH3 is 1. The number of ketones is 1. The van der Waals surface area contributed by atoms with Crippen LogP contribution in [0.5, 0.6) is 11.5 Å². The van der Waals surface area contributed by atoms with Crippen molar-refractivity contribution >= 4 is 33.9 Å². The van der Waals surface area contributed by atoms with Crippen molar-refractivity contribution in [3.63, 3.8) is 0 Å². The van der Waals surface area contributed by atoms with E-state index in [9.17, 15) is 19.8 Å². The molecule has 2 N–H and O–H groups in total. The van der Waals surface area contributed by atoms with Crippen LogP contribution in [0, 0.1) is 6.92 Å². The van der Waals surface area contributed by atoms with Crippen molar-refractivity contribution in [2.45, 2.75) is 13.0 Å². The predicted octanol–water partition coefficient (Wildman–Crippen LogP) is 3.79. The molecule has 0 saturated carbocycles. The van der Waals surface area contributed by atoms with Crippen molar-refractivity contribution in [3.05, 3.63) is 76.3 Å². The lowest BCUT2D eigenvalue weighted by molar-refractivity contribution is -0.132. The number of hydrogen-bond donors (Lipinski definition) is 2. The van der Waals surface area contributed by atoms with Gasteiger partial charge in [-0.1, -0.05) is 35.9 Å². The average molecular weight is 422 g/mol. The van der Waals surface area contributed by atoms with Crippen LogP contribution in [0.1, 0.15) is 22.7 Å². The number of aryl methyl sites for hydroxylation is 1. The maximum atomic E-state index is 13.0. The number of anilines is 1. The Bertz CT molecular complexity index is 1150. The standard InChI is InChI=1S/C22H18N2O5S/c1-12-3-5-13(6-4-12)19(26)17-18(14-7-8-15(25)16(11-14)29-2)24(21(28)20(17)27)22-23-9-10-30-22/h3-11,18,25-26H,1-2H3. The highest BCUT2D eigenvalue weighted by atomic mass is 32.1. The van der Waals surface area contributed by atoms with Gasteiger partial charge in [-0.15, -0.1) is 11.3 Å². The van der Waals surface area contributed by atoms with E-state index >= 15 is 0 Å². The fourth-order valence-electron chi connectivity index (χ4n) is 3.41. The number of nitrogens with zero attached hydrogens (tertiary/aromatic N) is 2. The third kappa shape index (κ3) is 3.21. The fourth-order valence-corrected chi connectivity index (χ4v) is 4.08. The van der Waals surface area contributed by atoms with E-state index in [-0.39, 0.29) is 22.8 Å². The van der Waals surface area contributed by atoms with Crippen molar-refractivity contribution in [3.8, 4) is 11.5 Å². The number of rotatable bonds is 4. The molecular formula is C22H18N2O5S. The first-order chi connectivity index (χ1) is 14.4. The molecule has 152 valence electrons. The first-order valence-corrected chi connectivity index (χ1v) is 9.94. The summed E-state index contributed by atoms with van der Waals surface area (Å²) in [6, 6.07) is 10.6. The second-order valence-electron chi connectivity index (χ2n) is 6.78. The Balaban J connectivity index is 1.95. The van der Waals surface area contributed by atoms with Gasteiger partial charge in [0.2, 0.25) is 0 Å². The molecule has 1 aliphatic heterocycles. The van der Waals surface area contributed by atoms with Crippen LogP contribution in [-0.2, 0) is 9.59 Å². The SMILES string of the molecule is COc1cc(C2C(=C(O)c3ccc(C)cc3)C(=O)C(=O)N2c2nccs2)ccc1O. The third-order valence-electron chi connectivity index (χ3n) is 4.91. The molecule has 30 heavy (non-hydrogen) atoms. The predicted molar refractivity (Wildman–Crippen MR) is 113 cm³/mol. The molecule has 1 aliphatic rings. The molecular weight excluding hydrogens is 404 g/mol. The number of aliphatic hydroxyl groups is 1. The highest BCUT2D eigenvalue weighted by Gasteiger charge is 2.48. The van der Waals surface area contributed by atoms with Gasteiger partial charge in [0.1, 0.15) is 5.76 Å². The molecule has 3 aromatic rings. The Hall–Kier alpha value is -3.65. The number of amides is 1.